The van der Waals surface area contributed by atoms with Gasteiger partial charge in [0.25, 0.3) is 5.91 Å². The summed E-state index contributed by atoms with van der Waals surface area (Å²) >= 11 is 1.88. The summed E-state index contributed by atoms with van der Waals surface area (Å²) in [6, 6.07) is 0. The van der Waals surface area contributed by atoms with Crippen LogP contribution in [0.15, 0.2) is 4.52 Å². The lowest BCUT2D eigenvalue weighted by Crippen LogP contribution is -2.60. The number of hydrogen-bond acceptors (Lipinski definition) is 6. The fourth-order valence-electron chi connectivity index (χ4n) is 4.42. The van der Waals surface area contributed by atoms with Crippen molar-refractivity contribution in [2.24, 2.45) is 0 Å². The molecule has 0 aromatic carbocycles. The SMILES string of the molecule is CCCc1onc(C)c1C(=O)N1CC2(CC(OCC(=O)N3CCCC3)CS2)C1. The molecule has 1 unspecified atom stereocenters. The van der Waals surface area contributed by atoms with Crippen LogP contribution in [0, 0.1) is 6.92 Å². The van der Waals surface area contributed by atoms with Gasteiger partial charge in [-0.15, -0.1) is 11.8 Å². The second kappa shape index (κ2) is 8.06. The van der Waals surface area contributed by atoms with Gasteiger partial charge in [0.2, 0.25) is 5.91 Å². The molecule has 3 saturated heterocycles. The predicted molar refractivity (Wildman–Crippen MR) is 106 cm³/mol. The van der Waals surface area contributed by atoms with Crippen LogP contribution >= 0.6 is 11.8 Å². The molecule has 1 atom stereocenters. The van der Waals surface area contributed by atoms with E-state index in [9.17, 15) is 9.59 Å². The van der Waals surface area contributed by atoms with Crippen molar-refractivity contribution in [3.8, 4) is 0 Å². The maximum Gasteiger partial charge on any atom is 0.259 e. The van der Waals surface area contributed by atoms with Gasteiger partial charge < -0.3 is 19.1 Å². The molecule has 2 amide bonds. The van der Waals surface area contributed by atoms with Crippen LogP contribution in [0.2, 0.25) is 0 Å². The molecule has 1 spiro atoms. The van der Waals surface area contributed by atoms with Gasteiger partial charge >= 0.3 is 0 Å². The van der Waals surface area contributed by atoms with Crippen LogP contribution in [-0.2, 0) is 16.0 Å². The minimum Gasteiger partial charge on any atom is -0.367 e. The summed E-state index contributed by atoms with van der Waals surface area (Å²) in [5.74, 6) is 1.73. The molecule has 0 bridgehead atoms. The Morgan fingerprint density at radius 1 is 1.29 bits per heavy atom. The Balaban J connectivity index is 1.27. The first kappa shape index (κ1) is 19.8. The van der Waals surface area contributed by atoms with Crippen molar-refractivity contribution in [2.45, 2.75) is 56.8 Å². The second-order valence-electron chi connectivity index (χ2n) is 8.20. The molecule has 3 aliphatic heterocycles. The number of carbonyl (C=O) groups excluding carboxylic acids is 2. The molecule has 7 nitrogen and oxygen atoms in total. The zero-order valence-electron chi connectivity index (χ0n) is 16.7. The maximum atomic E-state index is 12.9. The maximum absolute atomic E-state index is 12.9. The number of ether oxygens (including phenoxy) is 1. The van der Waals surface area contributed by atoms with E-state index < -0.39 is 0 Å². The number of aryl methyl sites for hydroxylation is 2. The molecule has 0 aliphatic carbocycles. The Morgan fingerprint density at radius 2 is 2.04 bits per heavy atom. The molecule has 0 N–H and O–H groups in total. The smallest absolute Gasteiger partial charge is 0.259 e. The third-order valence-electron chi connectivity index (χ3n) is 5.95. The second-order valence-corrected chi connectivity index (χ2v) is 9.68. The number of aromatic nitrogens is 1. The zero-order chi connectivity index (χ0) is 19.7. The van der Waals surface area contributed by atoms with Gasteiger partial charge in [-0.05, 0) is 32.6 Å². The van der Waals surface area contributed by atoms with E-state index in [1.165, 1.54) is 0 Å². The van der Waals surface area contributed by atoms with Crippen LogP contribution in [0.3, 0.4) is 0 Å². The average molecular weight is 408 g/mol. The minimum atomic E-state index is 0.0296. The highest BCUT2D eigenvalue weighted by molar-refractivity contribution is 8.01. The first-order valence-electron chi connectivity index (χ1n) is 10.3. The number of likely N-dealkylation sites (tertiary alicyclic amines) is 2. The van der Waals surface area contributed by atoms with Gasteiger partial charge in [0, 0.05) is 38.4 Å². The van der Waals surface area contributed by atoms with Crippen molar-refractivity contribution in [3.63, 3.8) is 0 Å². The third-order valence-corrected chi connectivity index (χ3v) is 7.52. The molecule has 154 valence electrons. The molecule has 4 rings (SSSR count). The van der Waals surface area contributed by atoms with Crippen molar-refractivity contribution in [1.82, 2.24) is 15.0 Å². The summed E-state index contributed by atoms with van der Waals surface area (Å²) in [6.45, 7) is 7.27. The van der Waals surface area contributed by atoms with Crippen LogP contribution in [-0.4, -0.2) is 76.2 Å². The Hall–Kier alpha value is -1.54. The van der Waals surface area contributed by atoms with E-state index in [0.29, 0.717) is 17.0 Å². The summed E-state index contributed by atoms with van der Waals surface area (Å²) in [5.41, 5.74) is 1.32. The first-order chi connectivity index (χ1) is 13.5. The van der Waals surface area contributed by atoms with Crippen LogP contribution < -0.4 is 0 Å². The highest BCUT2D eigenvalue weighted by Gasteiger charge is 2.51. The highest BCUT2D eigenvalue weighted by atomic mass is 32.2. The molecule has 3 aliphatic rings. The normalized spacial score (nSPS) is 23.4. The predicted octanol–water partition coefficient (Wildman–Crippen LogP) is 2.27. The van der Waals surface area contributed by atoms with Gasteiger partial charge in [-0.2, -0.15) is 0 Å². The van der Waals surface area contributed by atoms with Crippen molar-refractivity contribution in [2.75, 3.05) is 38.5 Å². The standard InChI is InChI=1S/C20H29N3O4S/c1-3-6-16-18(14(2)21-27-16)19(25)23-12-20(13-23)9-15(11-28-20)26-10-17(24)22-7-4-5-8-22/h15H,3-13H2,1-2H3. The molecular weight excluding hydrogens is 378 g/mol. The summed E-state index contributed by atoms with van der Waals surface area (Å²) < 4.78 is 11.3. The van der Waals surface area contributed by atoms with Crippen molar-refractivity contribution in [3.05, 3.63) is 17.0 Å². The lowest BCUT2D eigenvalue weighted by atomic mass is 9.92. The topological polar surface area (TPSA) is 75.9 Å². The molecule has 8 heteroatoms. The first-order valence-corrected chi connectivity index (χ1v) is 11.3. The minimum absolute atomic E-state index is 0.0296. The number of carbonyl (C=O) groups is 2. The number of hydrogen-bond donors (Lipinski definition) is 0. The van der Waals surface area contributed by atoms with E-state index in [2.05, 4.69) is 12.1 Å². The summed E-state index contributed by atoms with van der Waals surface area (Å²) in [7, 11) is 0. The fourth-order valence-corrected chi connectivity index (χ4v) is 5.97. The van der Waals surface area contributed by atoms with E-state index in [4.69, 9.17) is 9.26 Å². The van der Waals surface area contributed by atoms with E-state index in [-0.39, 0.29) is 29.3 Å². The monoisotopic (exact) mass is 407 g/mol. The van der Waals surface area contributed by atoms with E-state index in [0.717, 1.165) is 64.0 Å². The number of thioether (sulfide) groups is 1. The van der Waals surface area contributed by atoms with E-state index >= 15 is 0 Å². The molecule has 0 radical (unpaired) electrons. The van der Waals surface area contributed by atoms with E-state index in [1.54, 1.807) is 0 Å². The molecular formula is C20H29N3O4S. The van der Waals surface area contributed by atoms with Gasteiger partial charge in [-0.25, -0.2) is 0 Å². The number of amides is 2. The lowest BCUT2D eigenvalue weighted by Gasteiger charge is -2.47. The van der Waals surface area contributed by atoms with Crippen molar-refractivity contribution >= 4 is 23.6 Å². The number of nitrogens with zero attached hydrogens (tertiary/aromatic N) is 3. The van der Waals surface area contributed by atoms with Gasteiger partial charge in [0.05, 0.1) is 16.5 Å². The zero-order valence-corrected chi connectivity index (χ0v) is 17.6. The quantitative estimate of drug-likeness (QED) is 0.720. The van der Waals surface area contributed by atoms with Crippen molar-refractivity contribution < 1.29 is 18.8 Å². The van der Waals surface area contributed by atoms with Gasteiger partial charge in [0.1, 0.15) is 17.9 Å². The summed E-state index contributed by atoms with van der Waals surface area (Å²) in [6.07, 6.45) is 4.86. The van der Waals surface area contributed by atoms with Crippen LogP contribution in [0.5, 0.6) is 0 Å². The lowest BCUT2D eigenvalue weighted by molar-refractivity contribution is -0.136. The van der Waals surface area contributed by atoms with Crippen LogP contribution in [0.1, 0.15) is 54.4 Å². The Labute approximate surface area is 170 Å². The summed E-state index contributed by atoms with van der Waals surface area (Å²) in [5, 5.41) is 3.99. The number of rotatable bonds is 6. The highest BCUT2D eigenvalue weighted by Crippen LogP contribution is 2.46. The molecule has 0 saturated carbocycles. The summed E-state index contributed by atoms with van der Waals surface area (Å²) in [4.78, 5) is 28.9. The van der Waals surface area contributed by atoms with E-state index in [1.807, 2.05) is 28.5 Å². The van der Waals surface area contributed by atoms with Crippen LogP contribution in [0.25, 0.3) is 0 Å². The largest absolute Gasteiger partial charge is 0.367 e. The Bertz CT molecular complexity index is 738. The molecule has 28 heavy (non-hydrogen) atoms. The average Bonchev–Trinajstić information content (AvgIpc) is 3.38. The van der Waals surface area contributed by atoms with Crippen LogP contribution in [0.4, 0.5) is 0 Å². The molecule has 4 heterocycles. The fraction of sp³-hybridized carbons (Fsp3) is 0.750. The van der Waals surface area contributed by atoms with Crippen molar-refractivity contribution in [1.29, 1.82) is 0 Å². The Morgan fingerprint density at radius 3 is 2.75 bits per heavy atom. The molecule has 1 aromatic heterocycles. The Kier molecular flexibility index (Phi) is 5.69. The van der Waals surface area contributed by atoms with Gasteiger partial charge in [-0.3, -0.25) is 9.59 Å². The molecule has 1 aromatic rings. The third kappa shape index (κ3) is 3.81. The van der Waals surface area contributed by atoms with Gasteiger partial charge in [-0.1, -0.05) is 12.1 Å². The molecule has 3 fully saturated rings. The van der Waals surface area contributed by atoms with Gasteiger partial charge in [0.15, 0.2) is 0 Å².